The van der Waals surface area contributed by atoms with Crippen LogP contribution in [0.2, 0.25) is 0 Å². The molecule has 1 heterocycles. The van der Waals surface area contributed by atoms with Crippen molar-refractivity contribution in [1.29, 1.82) is 0 Å². The number of rotatable bonds is 1. The highest BCUT2D eigenvalue weighted by atomic mass is 19.4. The first-order valence-electron chi connectivity index (χ1n) is 4.79. The molecule has 0 radical (unpaired) electrons. The van der Waals surface area contributed by atoms with Gasteiger partial charge in [0, 0.05) is 12.4 Å². The van der Waals surface area contributed by atoms with Crippen LogP contribution in [-0.4, -0.2) is 4.57 Å². The average Bonchev–Trinajstić information content (AvgIpc) is 2.69. The Labute approximate surface area is 91.1 Å². The minimum absolute atomic E-state index is 0.156. The lowest BCUT2D eigenvalue weighted by atomic mass is 10.1. The molecule has 0 spiro atoms. The van der Waals surface area contributed by atoms with Crippen LogP contribution in [-0.2, 0) is 6.18 Å². The second-order valence-corrected chi connectivity index (χ2v) is 3.61. The third kappa shape index (κ3) is 1.96. The maximum atomic E-state index is 12.8. The van der Waals surface area contributed by atoms with Crippen LogP contribution in [0.3, 0.4) is 0 Å². The number of alkyl halides is 3. The van der Waals surface area contributed by atoms with Gasteiger partial charge in [-0.25, -0.2) is 0 Å². The maximum Gasteiger partial charge on any atom is 0.418 e. The Morgan fingerprint density at radius 2 is 1.69 bits per heavy atom. The largest absolute Gasteiger partial charge is 0.418 e. The zero-order chi connectivity index (χ0) is 11.8. The lowest BCUT2D eigenvalue weighted by Gasteiger charge is -2.14. The van der Waals surface area contributed by atoms with E-state index in [1.807, 2.05) is 0 Å². The van der Waals surface area contributed by atoms with Gasteiger partial charge in [0.1, 0.15) is 0 Å². The summed E-state index contributed by atoms with van der Waals surface area (Å²) in [5.74, 6) is 0. The standard InChI is InChI=1S/C12H10F3N/c1-9-4-5-11(16-6-2-3-7-16)10(8-9)12(13,14)15/h2-8H,1H3. The topological polar surface area (TPSA) is 4.93 Å². The molecule has 84 valence electrons. The van der Waals surface area contributed by atoms with E-state index in [0.29, 0.717) is 5.56 Å². The van der Waals surface area contributed by atoms with Gasteiger partial charge in [-0.2, -0.15) is 13.2 Å². The first kappa shape index (κ1) is 10.8. The zero-order valence-electron chi connectivity index (χ0n) is 8.62. The van der Waals surface area contributed by atoms with E-state index < -0.39 is 11.7 Å². The van der Waals surface area contributed by atoms with E-state index in [1.165, 1.54) is 10.6 Å². The van der Waals surface area contributed by atoms with Gasteiger partial charge in [-0.3, -0.25) is 0 Å². The average molecular weight is 225 g/mol. The van der Waals surface area contributed by atoms with Crippen LogP contribution in [0, 0.1) is 6.92 Å². The third-order valence-electron chi connectivity index (χ3n) is 2.34. The van der Waals surface area contributed by atoms with Crippen molar-refractivity contribution in [3.63, 3.8) is 0 Å². The van der Waals surface area contributed by atoms with Crippen molar-refractivity contribution in [2.75, 3.05) is 0 Å². The van der Waals surface area contributed by atoms with Crippen molar-refractivity contribution < 1.29 is 13.2 Å². The monoisotopic (exact) mass is 225 g/mol. The fourth-order valence-corrected chi connectivity index (χ4v) is 1.60. The summed E-state index contributed by atoms with van der Waals surface area (Å²) in [6, 6.07) is 7.71. The van der Waals surface area contributed by atoms with Crippen LogP contribution in [0.25, 0.3) is 5.69 Å². The van der Waals surface area contributed by atoms with Crippen molar-refractivity contribution in [3.8, 4) is 5.69 Å². The van der Waals surface area contributed by atoms with Crippen molar-refractivity contribution in [1.82, 2.24) is 4.57 Å². The highest BCUT2D eigenvalue weighted by molar-refractivity contribution is 5.45. The van der Waals surface area contributed by atoms with Crippen molar-refractivity contribution in [2.24, 2.45) is 0 Å². The first-order chi connectivity index (χ1) is 7.48. The summed E-state index contributed by atoms with van der Waals surface area (Å²) in [6.45, 7) is 1.65. The smallest absolute Gasteiger partial charge is 0.323 e. The van der Waals surface area contributed by atoms with Gasteiger partial charge in [0.15, 0.2) is 0 Å². The van der Waals surface area contributed by atoms with E-state index in [0.717, 1.165) is 6.07 Å². The molecule has 16 heavy (non-hydrogen) atoms. The van der Waals surface area contributed by atoms with Crippen molar-refractivity contribution in [3.05, 3.63) is 53.9 Å². The number of hydrogen-bond donors (Lipinski definition) is 0. The summed E-state index contributed by atoms with van der Waals surface area (Å²) >= 11 is 0. The zero-order valence-corrected chi connectivity index (χ0v) is 8.62. The van der Waals surface area contributed by atoms with Crippen molar-refractivity contribution >= 4 is 0 Å². The number of aromatic nitrogens is 1. The molecule has 1 nitrogen and oxygen atoms in total. The Bertz CT molecular complexity index is 483. The summed E-state index contributed by atoms with van der Waals surface area (Å²) < 4.78 is 39.9. The highest BCUT2D eigenvalue weighted by Gasteiger charge is 2.33. The fraction of sp³-hybridized carbons (Fsp3) is 0.167. The van der Waals surface area contributed by atoms with Gasteiger partial charge in [-0.15, -0.1) is 0 Å². The van der Waals surface area contributed by atoms with E-state index >= 15 is 0 Å². The normalized spacial score (nSPS) is 11.8. The second-order valence-electron chi connectivity index (χ2n) is 3.61. The molecular formula is C12H10F3N. The molecule has 0 aliphatic heterocycles. The summed E-state index contributed by atoms with van der Waals surface area (Å²) in [4.78, 5) is 0. The summed E-state index contributed by atoms with van der Waals surface area (Å²) in [5.41, 5.74) is 0.148. The lowest BCUT2D eigenvalue weighted by Crippen LogP contribution is -2.10. The molecule has 2 aromatic rings. The minimum atomic E-state index is -4.33. The predicted molar refractivity (Wildman–Crippen MR) is 55.5 cm³/mol. The van der Waals surface area contributed by atoms with Gasteiger partial charge < -0.3 is 4.57 Å². The Hall–Kier alpha value is -1.71. The summed E-state index contributed by atoms with van der Waals surface area (Å²) in [6.07, 6.45) is -1.13. The molecule has 0 unspecified atom stereocenters. The molecule has 0 fully saturated rings. The molecule has 1 aromatic heterocycles. The van der Waals surface area contributed by atoms with E-state index in [9.17, 15) is 13.2 Å². The third-order valence-corrected chi connectivity index (χ3v) is 2.34. The molecule has 0 aliphatic carbocycles. The van der Waals surface area contributed by atoms with Gasteiger partial charge >= 0.3 is 6.18 Å². The molecule has 0 atom stereocenters. The molecule has 0 saturated carbocycles. The quantitative estimate of drug-likeness (QED) is 0.695. The SMILES string of the molecule is Cc1ccc(-n2cccc2)c(C(F)(F)F)c1. The van der Waals surface area contributed by atoms with Crippen LogP contribution in [0.15, 0.2) is 42.7 Å². The van der Waals surface area contributed by atoms with Crippen LogP contribution in [0.4, 0.5) is 13.2 Å². The van der Waals surface area contributed by atoms with Gasteiger partial charge in [-0.05, 0) is 31.2 Å². The molecule has 4 heteroatoms. The number of halogens is 3. The van der Waals surface area contributed by atoms with Gasteiger partial charge in [0.05, 0.1) is 11.3 Å². The molecule has 0 bridgehead atoms. The summed E-state index contributed by atoms with van der Waals surface area (Å²) in [5, 5.41) is 0. The van der Waals surface area contributed by atoms with Gasteiger partial charge in [0.25, 0.3) is 0 Å². The van der Waals surface area contributed by atoms with E-state index in [2.05, 4.69) is 0 Å². The van der Waals surface area contributed by atoms with Gasteiger partial charge in [-0.1, -0.05) is 11.6 Å². The fourth-order valence-electron chi connectivity index (χ4n) is 1.60. The van der Waals surface area contributed by atoms with E-state index in [-0.39, 0.29) is 5.69 Å². The van der Waals surface area contributed by atoms with Gasteiger partial charge in [0.2, 0.25) is 0 Å². The number of nitrogens with zero attached hydrogens (tertiary/aromatic N) is 1. The Morgan fingerprint density at radius 3 is 2.25 bits per heavy atom. The lowest BCUT2D eigenvalue weighted by molar-refractivity contribution is -0.137. The van der Waals surface area contributed by atoms with Crippen LogP contribution < -0.4 is 0 Å². The van der Waals surface area contributed by atoms with Crippen LogP contribution in [0.5, 0.6) is 0 Å². The molecule has 0 aliphatic rings. The minimum Gasteiger partial charge on any atom is -0.323 e. The molecule has 0 N–H and O–H groups in total. The summed E-state index contributed by atoms with van der Waals surface area (Å²) in [7, 11) is 0. The molecule has 2 rings (SSSR count). The Kier molecular flexibility index (Phi) is 2.50. The Balaban J connectivity index is 2.62. The molecule has 0 saturated heterocycles. The Morgan fingerprint density at radius 1 is 1.06 bits per heavy atom. The van der Waals surface area contributed by atoms with E-state index in [4.69, 9.17) is 0 Å². The number of hydrogen-bond acceptors (Lipinski definition) is 0. The number of benzene rings is 1. The van der Waals surface area contributed by atoms with Crippen LogP contribution in [0.1, 0.15) is 11.1 Å². The molecule has 1 aromatic carbocycles. The second kappa shape index (κ2) is 3.70. The maximum absolute atomic E-state index is 12.8. The van der Waals surface area contributed by atoms with Crippen molar-refractivity contribution in [2.45, 2.75) is 13.1 Å². The molecular weight excluding hydrogens is 215 g/mol. The van der Waals surface area contributed by atoms with E-state index in [1.54, 1.807) is 37.5 Å². The highest BCUT2D eigenvalue weighted by Crippen LogP contribution is 2.34. The predicted octanol–water partition coefficient (Wildman–Crippen LogP) is 3.80. The number of aryl methyl sites for hydroxylation is 1. The molecule has 0 amide bonds. The first-order valence-corrected chi connectivity index (χ1v) is 4.79. The van der Waals surface area contributed by atoms with Crippen LogP contribution >= 0.6 is 0 Å².